The Morgan fingerprint density at radius 1 is 1.38 bits per heavy atom. The minimum Gasteiger partial charge on any atom is -0.345 e. The quantitative estimate of drug-likeness (QED) is 0.889. The zero-order valence-electron chi connectivity index (χ0n) is 12.2. The van der Waals surface area contributed by atoms with Crippen molar-refractivity contribution in [2.45, 2.75) is 13.5 Å². The first-order valence-electron chi connectivity index (χ1n) is 6.88. The first kappa shape index (κ1) is 15.7. The van der Waals surface area contributed by atoms with Crippen LogP contribution in [0.4, 0.5) is 4.39 Å². The fourth-order valence-electron chi connectivity index (χ4n) is 1.93. The number of amides is 1. The van der Waals surface area contributed by atoms with E-state index >= 15 is 0 Å². The Kier molecular flexibility index (Phi) is 5.47. The van der Waals surface area contributed by atoms with Gasteiger partial charge < -0.3 is 10.2 Å². The lowest BCUT2D eigenvalue weighted by atomic mass is 10.1. The maximum atomic E-state index is 13.9. The van der Waals surface area contributed by atoms with Crippen molar-refractivity contribution in [2.24, 2.45) is 0 Å². The molecule has 5 heteroatoms. The average Bonchev–Trinajstić information content (AvgIpc) is 3.02. The van der Waals surface area contributed by atoms with Gasteiger partial charge in [0, 0.05) is 30.6 Å². The Hall–Kier alpha value is -1.72. The highest BCUT2D eigenvalue weighted by Gasteiger charge is 2.08. The van der Waals surface area contributed by atoms with Gasteiger partial charge in [0.2, 0.25) is 5.91 Å². The summed E-state index contributed by atoms with van der Waals surface area (Å²) in [5.74, 6) is -0.166. The highest BCUT2D eigenvalue weighted by atomic mass is 32.1. The van der Waals surface area contributed by atoms with Crippen molar-refractivity contribution in [3.8, 4) is 10.4 Å². The number of carbonyl (C=O) groups excluding carboxylic acids is 1. The summed E-state index contributed by atoms with van der Waals surface area (Å²) >= 11 is 1.51. The fourth-order valence-corrected chi connectivity index (χ4v) is 2.67. The van der Waals surface area contributed by atoms with Gasteiger partial charge in [-0.2, -0.15) is 0 Å². The summed E-state index contributed by atoms with van der Waals surface area (Å²) in [4.78, 5) is 14.3. The molecule has 0 fully saturated rings. The van der Waals surface area contributed by atoms with Gasteiger partial charge in [-0.25, -0.2) is 4.39 Å². The van der Waals surface area contributed by atoms with Crippen LogP contribution < -0.4 is 5.32 Å². The molecule has 112 valence electrons. The molecule has 0 bridgehead atoms. The van der Waals surface area contributed by atoms with Crippen LogP contribution in [0.15, 0.2) is 35.7 Å². The van der Waals surface area contributed by atoms with E-state index in [4.69, 9.17) is 0 Å². The van der Waals surface area contributed by atoms with Crippen molar-refractivity contribution in [3.05, 3.63) is 47.1 Å². The molecule has 1 N–H and O–H groups in total. The summed E-state index contributed by atoms with van der Waals surface area (Å²) in [6, 6.07) is 8.87. The molecule has 1 heterocycles. The predicted molar refractivity (Wildman–Crippen MR) is 84.7 cm³/mol. The van der Waals surface area contributed by atoms with Crippen LogP contribution in [-0.4, -0.2) is 30.9 Å². The molecule has 0 unspecified atom stereocenters. The van der Waals surface area contributed by atoms with Crippen LogP contribution in [0.25, 0.3) is 10.4 Å². The molecular weight excluding hydrogens is 287 g/mol. The van der Waals surface area contributed by atoms with Crippen LogP contribution in [0.2, 0.25) is 0 Å². The van der Waals surface area contributed by atoms with Crippen molar-refractivity contribution in [1.29, 1.82) is 0 Å². The molecule has 3 nitrogen and oxygen atoms in total. The average molecular weight is 306 g/mol. The van der Waals surface area contributed by atoms with E-state index in [0.29, 0.717) is 18.7 Å². The van der Waals surface area contributed by atoms with Crippen LogP contribution >= 0.6 is 11.3 Å². The number of nitrogens with zero attached hydrogens (tertiary/aromatic N) is 1. The third-order valence-electron chi connectivity index (χ3n) is 3.32. The molecule has 2 aromatic rings. The minimum atomic E-state index is -0.219. The number of benzene rings is 1. The summed E-state index contributed by atoms with van der Waals surface area (Å²) in [7, 11) is 1.77. The van der Waals surface area contributed by atoms with Crippen LogP contribution in [-0.2, 0) is 11.3 Å². The summed E-state index contributed by atoms with van der Waals surface area (Å²) in [6.45, 7) is 3.46. The zero-order valence-corrected chi connectivity index (χ0v) is 13.0. The molecule has 2 rings (SSSR count). The van der Waals surface area contributed by atoms with E-state index in [1.54, 1.807) is 18.0 Å². The second-order valence-electron chi connectivity index (χ2n) is 4.80. The number of hydrogen-bond acceptors (Lipinski definition) is 3. The molecule has 0 atom stereocenters. The van der Waals surface area contributed by atoms with Crippen molar-refractivity contribution in [3.63, 3.8) is 0 Å². The second kappa shape index (κ2) is 7.33. The van der Waals surface area contributed by atoms with E-state index < -0.39 is 0 Å². The number of halogens is 1. The number of thiophene rings is 1. The monoisotopic (exact) mass is 306 g/mol. The number of nitrogens with one attached hydrogen (secondary N) is 1. The molecule has 0 spiro atoms. The number of hydrogen-bond donors (Lipinski definition) is 1. The van der Waals surface area contributed by atoms with Gasteiger partial charge in [-0.05, 0) is 36.1 Å². The molecule has 0 aliphatic rings. The third kappa shape index (κ3) is 4.12. The Balaban J connectivity index is 1.99. The van der Waals surface area contributed by atoms with Crippen LogP contribution in [0.1, 0.15) is 12.5 Å². The van der Waals surface area contributed by atoms with Gasteiger partial charge in [-0.3, -0.25) is 4.79 Å². The fraction of sp³-hybridized carbons (Fsp3) is 0.312. The summed E-state index contributed by atoms with van der Waals surface area (Å²) in [5, 5.41) is 5.03. The van der Waals surface area contributed by atoms with Gasteiger partial charge in [-0.1, -0.05) is 12.1 Å². The van der Waals surface area contributed by atoms with E-state index in [9.17, 15) is 9.18 Å². The molecular formula is C16H19FN2OS. The largest absolute Gasteiger partial charge is 0.345 e. The van der Waals surface area contributed by atoms with Crippen molar-refractivity contribution >= 4 is 17.2 Å². The highest BCUT2D eigenvalue weighted by Crippen LogP contribution is 2.28. The Morgan fingerprint density at radius 3 is 2.86 bits per heavy atom. The van der Waals surface area contributed by atoms with Crippen molar-refractivity contribution in [2.75, 3.05) is 20.1 Å². The molecule has 0 aliphatic carbocycles. The lowest BCUT2D eigenvalue weighted by Crippen LogP contribution is -2.35. The second-order valence-corrected chi connectivity index (χ2v) is 5.75. The highest BCUT2D eigenvalue weighted by molar-refractivity contribution is 7.13. The number of likely N-dealkylation sites (N-methyl/N-ethyl adjacent to an activating group) is 1. The molecule has 0 radical (unpaired) electrons. The normalized spacial score (nSPS) is 10.6. The van der Waals surface area contributed by atoms with E-state index in [-0.39, 0.29) is 18.3 Å². The smallest absolute Gasteiger partial charge is 0.236 e. The molecule has 1 aromatic carbocycles. The number of carbonyl (C=O) groups is 1. The van der Waals surface area contributed by atoms with E-state index in [0.717, 1.165) is 10.4 Å². The predicted octanol–water partition coefficient (Wildman–Crippen LogP) is 3.12. The van der Waals surface area contributed by atoms with Gasteiger partial charge >= 0.3 is 0 Å². The Bertz CT molecular complexity index is 598. The third-order valence-corrected chi connectivity index (χ3v) is 4.23. The Morgan fingerprint density at radius 2 is 2.19 bits per heavy atom. The first-order valence-corrected chi connectivity index (χ1v) is 7.76. The number of rotatable bonds is 6. The van der Waals surface area contributed by atoms with Crippen LogP contribution in [0, 0.1) is 5.82 Å². The van der Waals surface area contributed by atoms with Crippen molar-refractivity contribution in [1.82, 2.24) is 10.2 Å². The summed E-state index contributed by atoms with van der Waals surface area (Å²) in [6.07, 6.45) is 0. The molecule has 0 aliphatic heterocycles. The topological polar surface area (TPSA) is 32.3 Å². The lowest BCUT2D eigenvalue weighted by Gasteiger charge is -2.15. The van der Waals surface area contributed by atoms with Crippen molar-refractivity contribution < 1.29 is 9.18 Å². The van der Waals surface area contributed by atoms with Gasteiger partial charge in [-0.15, -0.1) is 11.3 Å². The molecule has 1 amide bonds. The van der Waals surface area contributed by atoms with Crippen LogP contribution in [0.5, 0.6) is 0 Å². The van der Waals surface area contributed by atoms with Crippen LogP contribution in [0.3, 0.4) is 0 Å². The SMILES string of the molecule is CCN(C)C(=O)CNCc1ccc(F)c(-c2cccs2)c1. The van der Waals surface area contributed by atoms with E-state index in [1.807, 2.05) is 30.5 Å². The molecule has 0 saturated heterocycles. The maximum Gasteiger partial charge on any atom is 0.236 e. The summed E-state index contributed by atoms with van der Waals surface area (Å²) < 4.78 is 13.9. The van der Waals surface area contributed by atoms with E-state index in [2.05, 4.69) is 5.32 Å². The Labute approximate surface area is 128 Å². The molecule has 21 heavy (non-hydrogen) atoms. The molecule has 1 aromatic heterocycles. The van der Waals surface area contributed by atoms with Gasteiger partial charge in [0.05, 0.1) is 6.54 Å². The van der Waals surface area contributed by atoms with Gasteiger partial charge in [0.15, 0.2) is 0 Å². The standard InChI is InChI=1S/C16H19FN2OS/c1-3-19(2)16(20)11-18-10-12-6-7-14(17)13(9-12)15-5-4-8-21-15/h4-9,18H,3,10-11H2,1-2H3. The van der Waals surface area contributed by atoms with E-state index in [1.165, 1.54) is 17.4 Å². The zero-order chi connectivity index (χ0) is 15.2. The maximum absolute atomic E-state index is 13.9. The first-order chi connectivity index (χ1) is 10.1. The van der Waals surface area contributed by atoms with Gasteiger partial charge in [0.1, 0.15) is 5.82 Å². The molecule has 0 saturated carbocycles. The minimum absolute atomic E-state index is 0.0538. The lowest BCUT2D eigenvalue weighted by molar-refractivity contribution is -0.128. The van der Waals surface area contributed by atoms with Gasteiger partial charge in [0.25, 0.3) is 0 Å². The summed E-state index contributed by atoms with van der Waals surface area (Å²) in [5.41, 5.74) is 1.58.